The van der Waals surface area contributed by atoms with Gasteiger partial charge in [0.1, 0.15) is 34.6 Å². The van der Waals surface area contributed by atoms with Crippen LogP contribution in [0.25, 0.3) is 0 Å². The van der Waals surface area contributed by atoms with Gasteiger partial charge < -0.3 is 4.74 Å². The van der Waals surface area contributed by atoms with E-state index in [-0.39, 0.29) is 11.1 Å². The molecule has 4 aromatic carbocycles. The SMILES string of the molecule is CCCCCc1ccc(C#Cc2ccc(C(F)(F)Oc3cc(F)c(C#Cc4cc(F)c(F)c(F)c4)c(F)c3)c(F)c2)c(F)c1. The van der Waals surface area contributed by atoms with E-state index >= 15 is 0 Å². The molecule has 0 N–H and O–H groups in total. The van der Waals surface area contributed by atoms with Crippen molar-refractivity contribution in [2.45, 2.75) is 38.7 Å². The molecule has 0 bridgehead atoms. The second-order valence-corrected chi connectivity index (χ2v) is 9.60. The molecule has 0 heterocycles. The highest BCUT2D eigenvalue weighted by molar-refractivity contribution is 5.47. The molecule has 44 heavy (non-hydrogen) atoms. The molecule has 0 aliphatic rings. The summed E-state index contributed by atoms with van der Waals surface area (Å²) in [6.07, 6.45) is -0.739. The van der Waals surface area contributed by atoms with Gasteiger partial charge in [0.15, 0.2) is 17.5 Å². The van der Waals surface area contributed by atoms with Crippen LogP contribution in [0.1, 0.15) is 59.6 Å². The van der Waals surface area contributed by atoms with Crippen LogP contribution < -0.4 is 4.74 Å². The fourth-order valence-electron chi connectivity index (χ4n) is 4.06. The van der Waals surface area contributed by atoms with Gasteiger partial charge in [-0.1, -0.05) is 49.5 Å². The molecule has 0 saturated carbocycles. The smallest absolute Gasteiger partial charge is 0.429 e. The summed E-state index contributed by atoms with van der Waals surface area (Å²) in [5.74, 6) is -1.86. The molecule has 0 spiro atoms. The summed E-state index contributed by atoms with van der Waals surface area (Å²) < 4.78 is 132. The zero-order valence-electron chi connectivity index (χ0n) is 22.9. The van der Waals surface area contributed by atoms with Gasteiger partial charge in [-0.15, -0.1) is 0 Å². The summed E-state index contributed by atoms with van der Waals surface area (Å²) in [6.45, 7) is 2.05. The molecule has 226 valence electrons. The first-order valence-corrected chi connectivity index (χ1v) is 13.2. The number of benzene rings is 4. The van der Waals surface area contributed by atoms with Crippen molar-refractivity contribution in [3.63, 3.8) is 0 Å². The van der Waals surface area contributed by atoms with Crippen LogP contribution in [0.4, 0.5) is 39.5 Å². The number of unbranched alkanes of at least 4 members (excludes halogenated alkanes) is 2. The summed E-state index contributed by atoms with van der Waals surface area (Å²) in [5.41, 5.74) is -1.87. The standard InChI is InChI=1S/C34H21F9O/c1-2-3-4-5-20-6-10-23(27(35)14-20)11-7-21-9-13-26(30(38)15-21)34(42,43)44-24-18-28(36)25(29(37)19-24)12-8-22-16-31(39)33(41)32(40)17-22/h6,9-10,13-19H,2-5H2,1H3. The van der Waals surface area contributed by atoms with Crippen LogP contribution in [-0.2, 0) is 12.5 Å². The van der Waals surface area contributed by atoms with Crippen LogP contribution in [0.2, 0.25) is 0 Å². The topological polar surface area (TPSA) is 9.23 Å². The maximum atomic E-state index is 14.8. The summed E-state index contributed by atoms with van der Waals surface area (Å²) in [5, 5.41) is 0. The van der Waals surface area contributed by atoms with Gasteiger partial charge in [-0.2, -0.15) is 8.78 Å². The Morgan fingerprint density at radius 2 is 1.25 bits per heavy atom. The van der Waals surface area contributed by atoms with Crippen molar-refractivity contribution in [1.29, 1.82) is 0 Å². The second-order valence-electron chi connectivity index (χ2n) is 9.60. The highest BCUT2D eigenvalue weighted by Crippen LogP contribution is 2.34. The predicted molar refractivity (Wildman–Crippen MR) is 145 cm³/mol. The van der Waals surface area contributed by atoms with Gasteiger partial charge >= 0.3 is 6.11 Å². The van der Waals surface area contributed by atoms with E-state index < -0.39 is 69.3 Å². The van der Waals surface area contributed by atoms with Gasteiger partial charge in [-0.05, 0) is 60.9 Å². The van der Waals surface area contributed by atoms with Crippen LogP contribution >= 0.6 is 0 Å². The first kappa shape index (κ1) is 32.1. The summed E-state index contributed by atoms with van der Waals surface area (Å²) >= 11 is 0. The number of aryl methyl sites for hydroxylation is 1. The number of rotatable bonds is 7. The Morgan fingerprint density at radius 1 is 0.614 bits per heavy atom. The van der Waals surface area contributed by atoms with Gasteiger partial charge in [0.2, 0.25) is 0 Å². The quantitative estimate of drug-likeness (QED) is 0.0871. The Hall–Kier alpha value is -4.83. The maximum Gasteiger partial charge on any atom is 0.429 e. The van der Waals surface area contributed by atoms with Crippen molar-refractivity contribution in [3.8, 4) is 29.4 Å². The van der Waals surface area contributed by atoms with E-state index in [0.717, 1.165) is 30.9 Å². The van der Waals surface area contributed by atoms with Crippen LogP contribution in [0.15, 0.2) is 60.7 Å². The molecule has 0 radical (unpaired) electrons. The minimum Gasteiger partial charge on any atom is -0.429 e. The number of halogens is 9. The Kier molecular flexibility index (Phi) is 9.95. The molecule has 10 heteroatoms. The molecule has 0 aromatic heterocycles. The lowest BCUT2D eigenvalue weighted by Gasteiger charge is -2.19. The summed E-state index contributed by atoms with van der Waals surface area (Å²) in [7, 11) is 0. The molecule has 0 aliphatic heterocycles. The van der Waals surface area contributed by atoms with E-state index in [1.165, 1.54) is 12.1 Å². The number of ether oxygens (including phenoxy) is 1. The van der Waals surface area contributed by atoms with E-state index in [1.54, 1.807) is 6.07 Å². The molecule has 0 atom stereocenters. The highest BCUT2D eigenvalue weighted by Gasteiger charge is 2.38. The first-order valence-electron chi connectivity index (χ1n) is 13.2. The largest absolute Gasteiger partial charge is 0.429 e. The first-order chi connectivity index (χ1) is 20.9. The fourth-order valence-corrected chi connectivity index (χ4v) is 4.06. The highest BCUT2D eigenvalue weighted by atomic mass is 19.3. The van der Waals surface area contributed by atoms with E-state index in [9.17, 15) is 39.5 Å². The molecule has 4 aromatic rings. The van der Waals surface area contributed by atoms with E-state index in [0.29, 0.717) is 42.8 Å². The Labute approximate surface area is 247 Å². The normalized spacial score (nSPS) is 11.0. The number of hydrogen-bond donors (Lipinski definition) is 0. The van der Waals surface area contributed by atoms with E-state index in [2.05, 4.69) is 23.5 Å². The van der Waals surface area contributed by atoms with Crippen LogP contribution in [0, 0.1) is 64.4 Å². The van der Waals surface area contributed by atoms with Crippen LogP contribution in [0.3, 0.4) is 0 Å². The predicted octanol–water partition coefficient (Wildman–Crippen LogP) is 9.32. The number of alkyl halides is 2. The van der Waals surface area contributed by atoms with Crippen molar-refractivity contribution < 1.29 is 44.3 Å². The molecule has 0 saturated heterocycles. The molecular formula is C34H21F9O. The minimum atomic E-state index is -4.40. The van der Waals surface area contributed by atoms with Gasteiger partial charge in [-0.25, -0.2) is 30.7 Å². The van der Waals surface area contributed by atoms with Gasteiger partial charge in [0.25, 0.3) is 0 Å². The lowest BCUT2D eigenvalue weighted by molar-refractivity contribution is -0.187. The van der Waals surface area contributed by atoms with Crippen molar-refractivity contribution in [1.82, 2.24) is 0 Å². The summed E-state index contributed by atoms with van der Waals surface area (Å²) in [6, 6.07) is 8.66. The zero-order chi connectivity index (χ0) is 32.0. The lowest BCUT2D eigenvalue weighted by atomic mass is 10.0. The van der Waals surface area contributed by atoms with Crippen molar-refractivity contribution in [2.75, 3.05) is 0 Å². The van der Waals surface area contributed by atoms with Gasteiger partial charge in [0.05, 0.1) is 11.1 Å². The Balaban J connectivity index is 1.50. The summed E-state index contributed by atoms with van der Waals surface area (Å²) in [4.78, 5) is 0. The molecule has 4 rings (SSSR count). The second kappa shape index (κ2) is 13.6. The Bertz CT molecular complexity index is 1780. The number of hydrogen-bond acceptors (Lipinski definition) is 1. The average molecular weight is 617 g/mol. The molecule has 1 nitrogen and oxygen atoms in total. The average Bonchev–Trinajstić information content (AvgIpc) is 2.94. The zero-order valence-corrected chi connectivity index (χ0v) is 22.9. The third-order valence-electron chi connectivity index (χ3n) is 6.30. The Morgan fingerprint density at radius 3 is 1.86 bits per heavy atom. The van der Waals surface area contributed by atoms with E-state index in [4.69, 9.17) is 0 Å². The van der Waals surface area contributed by atoms with Crippen LogP contribution in [0.5, 0.6) is 5.75 Å². The van der Waals surface area contributed by atoms with Gasteiger partial charge in [0, 0.05) is 23.3 Å². The fraction of sp³-hybridized carbons (Fsp3) is 0.176. The van der Waals surface area contributed by atoms with Crippen molar-refractivity contribution in [3.05, 3.63) is 135 Å². The monoisotopic (exact) mass is 616 g/mol. The third-order valence-corrected chi connectivity index (χ3v) is 6.30. The van der Waals surface area contributed by atoms with E-state index in [1.807, 2.05) is 11.8 Å². The van der Waals surface area contributed by atoms with Crippen molar-refractivity contribution >= 4 is 0 Å². The molecule has 0 aliphatic carbocycles. The minimum absolute atomic E-state index is 0.0385. The lowest BCUT2D eigenvalue weighted by Crippen LogP contribution is -2.23. The molecule has 0 fully saturated rings. The third kappa shape index (κ3) is 7.76. The molecule has 0 amide bonds. The maximum absolute atomic E-state index is 14.8. The molecular weight excluding hydrogens is 595 g/mol. The molecule has 0 unspecified atom stereocenters. The van der Waals surface area contributed by atoms with Crippen LogP contribution in [-0.4, -0.2) is 0 Å². The van der Waals surface area contributed by atoms with Crippen molar-refractivity contribution in [2.24, 2.45) is 0 Å². The van der Waals surface area contributed by atoms with Gasteiger partial charge in [-0.3, -0.25) is 0 Å².